The van der Waals surface area contributed by atoms with Crippen LogP contribution in [0.25, 0.3) is 0 Å². The number of benzene rings is 1. The molecule has 0 radical (unpaired) electrons. The maximum Gasteiger partial charge on any atom is 0.169 e. The number of hydrogen-bond donors (Lipinski definition) is 0. The fourth-order valence-electron chi connectivity index (χ4n) is 2.69. The van der Waals surface area contributed by atoms with E-state index < -0.39 is 0 Å². The highest BCUT2D eigenvalue weighted by Crippen LogP contribution is 2.21. The number of carbonyl (C=O) groups excluding carboxylic acids is 1. The van der Waals surface area contributed by atoms with Crippen molar-refractivity contribution in [3.8, 4) is 5.75 Å². The van der Waals surface area contributed by atoms with Gasteiger partial charge in [0.1, 0.15) is 11.6 Å². The first-order valence-electron chi connectivity index (χ1n) is 7.62. The van der Waals surface area contributed by atoms with Crippen LogP contribution in [0, 0.1) is 5.92 Å². The lowest BCUT2D eigenvalue weighted by atomic mass is 9.95. The predicted molar refractivity (Wildman–Crippen MR) is 87.3 cm³/mol. The van der Waals surface area contributed by atoms with Gasteiger partial charge in [-0.25, -0.2) is 0 Å². The molecule has 0 saturated carbocycles. The van der Waals surface area contributed by atoms with Gasteiger partial charge >= 0.3 is 0 Å². The Labute approximate surface area is 130 Å². The Balaban J connectivity index is 1.72. The second-order valence-electron chi connectivity index (χ2n) is 5.57. The molecule has 114 valence electrons. The first kappa shape index (κ1) is 14.6. The summed E-state index contributed by atoms with van der Waals surface area (Å²) in [4.78, 5) is 19.2. The minimum Gasteiger partial charge on any atom is -0.494 e. The molecule has 4 heteroatoms. The molecule has 1 unspecified atom stereocenters. The van der Waals surface area contributed by atoms with Crippen molar-refractivity contribution in [3.05, 3.63) is 53.8 Å². The Morgan fingerprint density at radius 2 is 2.14 bits per heavy atom. The summed E-state index contributed by atoms with van der Waals surface area (Å²) in [6.07, 6.45) is 6.10. The molecular formula is C18H20N2O2. The third kappa shape index (κ3) is 2.96. The second kappa shape index (κ2) is 6.18. The Kier molecular flexibility index (Phi) is 4.09. The molecule has 0 bridgehead atoms. The number of amidine groups is 1. The summed E-state index contributed by atoms with van der Waals surface area (Å²) in [5.74, 6) is 1.79. The molecule has 0 amide bonds. The number of fused-ring (bicyclic) bond motifs is 1. The van der Waals surface area contributed by atoms with E-state index in [4.69, 9.17) is 4.74 Å². The van der Waals surface area contributed by atoms with Crippen LogP contribution in [0.2, 0.25) is 0 Å². The molecule has 0 fully saturated rings. The largest absolute Gasteiger partial charge is 0.494 e. The van der Waals surface area contributed by atoms with E-state index in [0.717, 1.165) is 17.1 Å². The molecule has 2 heterocycles. The lowest BCUT2D eigenvalue weighted by Crippen LogP contribution is -2.40. The molecule has 1 atom stereocenters. The van der Waals surface area contributed by atoms with E-state index in [-0.39, 0.29) is 11.7 Å². The van der Waals surface area contributed by atoms with Gasteiger partial charge in [0, 0.05) is 18.3 Å². The molecule has 22 heavy (non-hydrogen) atoms. The van der Waals surface area contributed by atoms with Crippen molar-refractivity contribution in [2.75, 3.05) is 19.7 Å². The molecule has 4 nitrogen and oxygen atoms in total. The van der Waals surface area contributed by atoms with Gasteiger partial charge in [-0.3, -0.25) is 9.79 Å². The number of allylic oxidation sites excluding steroid dienone is 2. The van der Waals surface area contributed by atoms with Crippen LogP contribution in [-0.2, 0) is 0 Å². The van der Waals surface area contributed by atoms with Crippen LogP contribution in [0.1, 0.15) is 24.2 Å². The molecule has 0 aromatic heterocycles. The van der Waals surface area contributed by atoms with Crippen molar-refractivity contribution in [3.63, 3.8) is 0 Å². The molecular weight excluding hydrogens is 276 g/mol. The third-order valence-corrected chi connectivity index (χ3v) is 3.88. The monoisotopic (exact) mass is 296 g/mol. The lowest BCUT2D eigenvalue weighted by Gasteiger charge is -2.31. The second-order valence-corrected chi connectivity index (χ2v) is 5.57. The van der Waals surface area contributed by atoms with Crippen LogP contribution < -0.4 is 4.74 Å². The first-order chi connectivity index (χ1) is 10.7. The normalized spacial score (nSPS) is 20.1. The van der Waals surface area contributed by atoms with Crippen LogP contribution in [0.15, 0.2) is 53.2 Å². The number of aliphatic imine (C=N–C) groups is 1. The van der Waals surface area contributed by atoms with Gasteiger partial charge in [-0.15, -0.1) is 0 Å². The maximum absolute atomic E-state index is 12.6. The van der Waals surface area contributed by atoms with E-state index >= 15 is 0 Å². The zero-order chi connectivity index (χ0) is 15.5. The Hall–Kier alpha value is -2.36. The highest BCUT2D eigenvalue weighted by atomic mass is 16.5. The average Bonchev–Trinajstić information content (AvgIpc) is 2.55. The number of Topliss-reactive ketones (excluding diaryl/α,β-unsaturated/α-hetero) is 1. The van der Waals surface area contributed by atoms with Crippen LogP contribution in [0.5, 0.6) is 5.75 Å². The molecule has 0 aliphatic carbocycles. The molecule has 0 saturated heterocycles. The molecule has 1 aromatic rings. The Morgan fingerprint density at radius 1 is 1.36 bits per heavy atom. The maximum atomic E-state index is 12.6. The number of ketones is 1. The first-order valence-corrected chi connectivity index (χ1v) is 7.62. The van der Waals surface area contributed by atoms with Crippen molar-refractivity contribution in [2.24, 2.45) is 10.9 Å². The highest BCUT2D eigenvalue weighted by molar-refractivity contribution is 6.01. The van der Waals surface area contributed by atoms with Gasteiger partial charge in [0.25, 0.3) is 0 Å². The van der Waals surface area contributed by atoms with E-state index in [1.54, 1.807) is 0 Å². The fraction of sp³-hybridized carbons (Fsp3) is 0.333. The fourth-order valence-corrected chi connectivity index (χ4v) is 2.69. The molecule has 0 N–H and O–H groups in total. The number of nitrogens with zero attached hydrogens (tertiary/aromatic N) is 2. The van der Waals surface area contributed by atoms with Crippen LogP contribution in [-0.4, -0.2) is 36.2 Å². The Bertz CT molecular complexity index is 656. The summed E-state index contributed by atoms with van der Waals surface area (Å²) in [6.45, 7) is 5.86. The van der Waals surface area contributed by atoms with Gasteiger partial charge in [-0.2, -0.15) is 0 Å². The standard InChI is InChI=1S/C18H20N2O2/c1-3-22-16-6-4-14(5-7-16)18(21)15-11-19-17-10-13(2)8-9-20(17)12-15/h4-10,15H,3,11-12H2,1-2H3. The van der Waals surface area contributed by atoms with E-state index in [2.05, 4.69) is 11.1 Å². The topological polar surface area (TPSA) is 41.9 Å². The van der Waals surface area contributed by atoms with Gasteiger partial charge in [0.15, 0.2) is 5.78 Å². The highest BCUT2D eigenvalue weighted by Gasteiger charge is 2.27. The van der Waals surface area contributed by atoms with Crippen molar-refractivity contribution in [1.82, 2.24) is 4.90 Å². The molecule has 0 spiro atoms. The summed E-state index contributed by atoms with van der Waals surface area (Å²) in [5, 5.41) is 0. The van der Waals surface area contributed by atoms with Crippen LogP contribution in [0.4, 0.5) is 0 Å². The minimum atomic E-state index is -0.0989. The number of rotatable bonds is 4. The van der Waals surface area contributed by atoms with Crippen molar-refractivity contribution in [1.29, 1.82) is 0 Å². The number of hydrogen-bond acceptors (Lipinski definition) is 4. The number of carbonyl (C=O) groups is 1. The zero-order valence-electron chi connectivity index (χ0n) is 13.0. The van der Waals surface area contributed by atoms with Crippen LogP contribution in [0.3, 0.4) is 0 Å². The molecule has 2 aliphatic rings. The molecule has 3 rings (SSSR count). The zero-order valence-corrected chi connectivity index (χ0v) is 13.0. The van der Waals surface area contributed by atoms with E-state index in [1.807, 2.05) is 55.3 Å². The smallest absolute Gasteiger partial charge is 0.169 e. The predicted octanol–water partition coefficient (Wildman–Crippen LogP) is 3.07. The van der Waals surface area contributed by atoms with Crippen molar-refractivity contribution in [2.45, 2.75) is 13.8 Å². The number of ether oxygens (including phenoxy) is 1. The third-order valence-electron chi connectivity index (χ3n) is 3.88. The summed E-state index contributed by atoms with van der Waals surface area (Å²) in [6, 6.07) is 7.37. The van der Waals surface area contributed by atoms with Gasteiger partial charge < -0.3 is 9.64 Å². The van der Waals surface area contributed by atoms with E-state index in [0.29, 0.717) is 19.7 Å². The average molecular weight is 296 g/mol. The summed E-state index contributed by atoms with van der Waals surface area (Å²) >= 11 is 0. The summed E-state index contributed by atoms with van der Waals surface area (Å²) < 4.78 is 5.41. The summed E-state index contributed by atoms with van der Waals surface area (Å²) in [7, 11) is 0. The quantitative estimate of drug-likeness (QED) is 0.802. The molecule has 1 aromatic carbocycles. The van der Waals surface area contributed by atoms with Crippen LogP contribution >= 0.6 is 0 Å². The van der Waals surface area contributed by atoms with E-state index in [9.17, 15) is 4.79 Å². The van der Waals surface area contributed by atoms with Crippen molar-refractivity contribution >= 4 is 11.6 Å². The lowest BCUT2D eigenvalue weighted by molar-refractivity contribution is 0.0909. The SMILES string of the molecule is CCOc1ccc(C(=O)C2CN=C3C=C(C)C=CN3C2)cc1. The Morgan fingerprint density at radius 3 is 2.86 bits per heavy atom. The summed E-state index contributed by atoms with van der Waals surface area (Å²) in [5.41, 5.74) is 1.91. The van der Waals surface area contributed by atoms with Gasteiger partial charge in [-0.1, -0.05) is 0 Å². The van der Waals surface area contributed by atoms with Gasteiger partial charge in [0.2, 0.25) is 0 Å². The van der Waals surface area contributed by atoms with Crippen molar-refractivity contribution < 1.29 is 9.53 Å². The van der Waals surface area contributed by atoms with Gasteiger partial charge in [-0.05, 0) is 55.8 Å². The van der Waals surface area contributed by atoms with E-state index in [1.165, 1.54) is 5.57 Å². The van der Waals surface area contributed by atoms with Gasteiger partial charge in [0.05, 0.1) is 19.1 Å². The minimum absolute atomic E-state index is 0.0989. The molecule has 2 aliphatic heterocycles.